The van der Waals surface area contributed by atoms with Crippen LogP contribution in [0.15, 0.2) is 89.1 Å². The Kier molecular flexibility index (Phi) is 7.24. The van der Waals surface area contributed by atoms with E-state index in [1.165, 1.54) is 5.56 Å². The number of nitrogens with one attached hydrogen (secondary N) is 2. The Morgan fingerprint density at radius 3 is 2.45 bits per heavy atom. The van der Waals surface area contributed by atoms with Crippen LogP contribution in [0.2, 0.25) is 0 Å². The number of anilines is 2. The second-order valence-electron chi connectivity index (χ2n) is 10.9. The molecule has 2 N–H and O–H groups in total. The second-order valence-corrected chi connectivity index (χ2v) is 12.0. The molecule has 0 radical (unpaired) electrons. The Labute approximate surface area is 240 Å². The topological polar surface area (TPSA) is 73.8 Å². The summed E-state index contributed by atoms with van der Waals surface area (Å²) in [5.41, 5.74) is 7.40. The average molecular weight is 551 g/mol. The molecule has 2 heterocycles. The van der Waals surface area contributed by atoms with Gasteiger partial charge >= 0.3 is 0 Å². The van der Waals surface area contributed by atoms with Gasteiger partial charge in [-0.15, -0.1) is 0 Å². The number of hydrogen-bond acceptors (Lipinski definition) is 5. The van der Waals surface area contributed by atoms with Crippen LogP contribution in [0.1, 0.15) is 54.0 Å². The van der Waals surface area contributed by atoms with E-state index in [0.717, 1.165) is 64.1 Å². The van der Waals surface area contributed by atoms with Gasteiger partial charge in [-0.05, 0) is 74.4 Å². The van der Waals surface area contributed by atoms with Crippen molar-refractivity contribution in [3.8, 4) is 0 Å². The highest BCUT2D eigenvalue weighted by Gasteiger charge is 2.44. The number of thioether (sulfide) groups is 1. The number of amidine groups is 1. The Morgan fingerprint density at radius 1 is 0.925 bits per heavy atom. The van der Waals surface area contributed by atoms with Gasteiger partial charge in [0.15, 0.2) is 5.17 Å². The van der Waals surface area contributed by atoms with Crippen LogP contribution >= 0.6 is 11.8 Å². The third-order valence-corrected chi connectivity index (χ3v) is 9.06. The van der Waals surface area contributed by atoms with Gasteiger partial charge in [0.25, 0.3) is 5.91 Å². The zero-order valence-corrected chi connectivity index (χ0v) is 23.9. The number of nitrogens with zero attached hydrogens (tertiary/aromatic N) is 2. The lowest BCUT2D eigenvalue weighted by molar-refractivity contribution is -0.117. The van der Waals surface area contributed by atoms with E-state index >= 15 is 0 Å². The van der Waals surface area contributed by atoms with Crippen LogP contribution in [0.4, 0.5) is 11.4 Å². The Hall–Kier alpha value is -3.84. The highest BCUT2D eigenvalue weighted by atomic mass is 32.2. The van der Waals surface area contributed by atoms with E-state index in [2.05, 4.69) is 33.7 Å². The molecule has 1 saturated carbocycles. The van der Waals surface area contributed by atoms with E-state index < -0.39 is 0 Å². The zero-order valence-electron chi connectivity index (χ0n) is 23.1. The molecule has 204 valence electrons. The lowest BCUT2D eigenvalue weighted by Gasteiger charge is -2.41. The SMILES string of the molecule is CC1=C(C(=O)Nc2ccc(C)cc2C)C(c2ccc(NC(=O)C3CC3c3ccccc3)cc2)N2CCCSC2=N1. The summed E-state index contributed by atoms with van der Waals surface area (Å²) in [4.78, 5) is 33.8. The molecule has 7 heteroatoms. The van der Waals surface area contributed by atoms with E-state index in [4.69, 9.17) is 4.99 Å². The lowest BCUT2D eigenvalue weighted by atomic mass is 9.93. The lowest BCUT2D eigenvalue weighted by Crippen LogP contribution is -2.43. The normalized spacial score (nSPS) is 21.8. The molecule has 3 aromatic carbocycles. The number of allylic oxidation sites excluding steroid dienone is 1. The van der Waals surface area contributed by atoms with Crippen molar-refractivity contribution in [3.05, 3.63) is 106 Å². The van der Waals surface area contributed by atoms with E-state index in [1.54, 1.807) is 11.8 Å². The number of hydrogen-bond donors (Lipinski definition) is 2. The molecule has 2 amide bonds. The first-order valence-corrected chi connectivity index (χ1v) is 14.9. The average Bonchev–Trinajstić information content (AvgIpc) is 3.76. The van der Waals surface area contributed by atoms with Gasteiger partial charge in [-0.3, -0.25) is 9.59 Å². The molecule has 2 aliphatic heterocycles. The van der Waals surface area contributed by atoms with E-state index in [9.17, 15) is 9.59 Å². The molecular weight excluding hydrogens is 516 g/mol. The molecule has 40 heavy (non-hydrogen) atoms. The molecule has 0 aromatic heterocycles. The molecule has 0 spiro atoms. The highest BCUT2D eigenvalue weighted by Crippen LogP contribution is 2.48. The molecule has 3 atom stereocenters. The zero-order chi connectivity index (χ0) is 27.8. The Bertz CT molecular complexity index is 1510. The largest absolute Gasteiger partial charge is 0.340 e. The summed E-state index contributed by atoms with van der Waals surface area (Å²) < 4.78 is 0. The standard InChI is InChI=1S/C33H34N4O2S/c1-20-10-15-28(21(2)18-20)36-32(39)29-22(3)34-33-37(16-7-17-40-33)30(29)24-11-13-25(14-12-24)35-31(38)27-19-26(27)23-8-5-4-6-9-23/h4-6,8-15,18,26-27,30H,7,16-17,19H2,1-3H3,(H,35,38)(H,36,39). The van der Waals surface area contributed by atoms with Crippen molar-refractivity contribution in [1.82, 2.24) is 4.90 Å². The van der Waals surface area contributed by atoms with Gasteiger partial charge in [0.05, 0.1) is 17.3 Å². The molecule has 1 saturated heterocycles. The summed E-state index contributed by atoms with van der Waals surface area (Å²) in [6.07, 6.45) is 1.91. The van der Waals surface area contributed by atoms with Gasteiger partial charge < -0.3 is 15.5 Å². The predicted octanol–water partition coefficient (Wildman–Crippen LogP) is 6.81. The van der Waals surface area contributed by atoms with Crippen LogP contribution in [-0.2, 0) is 9.59 Å². The van der Waals surface area contributed by atoms with Gasteiger partial charge in [-0.25, -0.2) is 4.99 Å². The maximum absolute atomic E-state index is 13.8. The molecule has 1 aliphatic carbocycles. The quantitative estimate of drug-likeness (QED) is 0.354. The summed E-state index contributed by atoms with van der Waals surface area (Å²) in [6, 6.07) is 24.0. The molecular formula is C33H34N4O2S. The number of rotatable bonds is 6. The number of amides is 2. The number of carbonyl (C=O) groups excluding carboxylic acids is 2. The first kappa shape index (κ1) is 26.4. The van der Waals surface area contributed by atoms with Gasteiger partial charge in [0.2, 0.25) is 5.91 Å². The van der Waals surface area contributed by atoms with Crippen LogP contribution < -0.4 is 10.6 Å². The monoisotopic (exact) mass is 550 g/mol. The number of benzene rings is 3. The second kappa shape index (κ2) is 11.0. The minimum absolute atomic E-state index is 0.00989. The van der Waals surface area contributed by atoms with Crippen LogP contribution in [0.3, 0.4) is 0 Å². The van der Waals surface area contributed by atoms with Crippen molar-refractivity contribution < 1.29 is 9.59 Å². The third-order valence-electron chi connectivity index (χ3n) is 7.98. The predicted molar refractivity (Wildman–Crippen MR) is 164 cm³/mol. The summed E-state index contributed by atoms with van der Waals surface area (Å²) in [5.74, 6) is 1.26. The van der Waals surface area contributed by atoms with Crippen LogP contribution in [-0.4, -0.2) is 34.2 Å². The fourth-order valence-corrected chi connectivity index (χ4v) is 6.81. The molecule has 6 nitrogen and oxygen atoms in total. The highest BCUT2D eigenvalue weighted by molar-refractivity contribution is 8.13. The summed E-state index contributed by atoms with van der Waals surface area (Å²) >= 11 is 1.74. The van der Waals surface area contributed by atoms with Crippen molar-refractivity contribution in [2.45, 2.75) is 45.6 Å². The minimum Gasteiger partial charge on any atom is -0.340 e. The van der Waals surface area contributed by atoms with Gasteiger partial charge in [0, 0.05) is 29.6 Å². The van der Waals surface area contributed by atoms with E-state index in [0.29, 0.717) is 11.5 Å². The van der Waals surface area contributed by atoms with Crippen molar-refractivity contribution >= 4 is 40.1 Å². The summed E-state index contributed by atoms with van der Waals surface area (Å²) in [7, 11) is 0. The molecule has 3 unspecified atom stereocenters. The summed E-state index contributed by atoms with van der Waals surface area (Å²) in [5, 5.41) is 7.22. The molecule has 0 bridgehead atoms. The van der Waals surface area contributed by atoms with Crippen molar-refractivity contribution in [1.29, 1.82) is 0 Å². The fraction of sp³-hybridized carbons (Fsp3) is 0.303. The number of aryl methyl sites for hydroxylation is 2. The summed E-state index contributed by atoms with van der Waals surface area (Å²) in [6.45, 7) is 6.82. The van der Waals surface area contributed by atoms with Gasteiger partial charge in [-0.1, -0.05) is 71.9 Å². The van der Waals surface area contributed by atoms with Crippen LogP contribution in [0.5, 0.6) is 0 Å². The first-order valence-electron chi connectivity index (χ1n) is 13.9. The minimum atomic E-state index is -0.248. The molecule has 3 aromatic rings. The smallest absolute Gasteiger partial charge is 0.255 e. The Morgan fingerprint density at radius 2 is 1.70 bits per heavy atom. The van der Waals surface area contributed by atoms with E-state index in [-0.39, 0.29) is 23.8 Å². The van der Waals surface area contributed by atoms with Crippen molar-refractivity contribution in [2.75, 3.05) is 22.9 Å². The van der Waals surface area contributed by atoms with Crippen molar-refractivity contribution in [3.63, 3.8) is 0 Å². The van der Waals surface area contributed by atoms with Gasteiger partial charge in [0.1, 0.15) is 0 Å². The third kappa shape index (κ3) is 5.30. The van der Waals surface area contributed by atoms with Gasteiger partial charge in [-0.2, -0.15) is 0 Å². The number of fused-ring (bicyclic) bond motifs is 1. The van der Waals surface area contributed by atoms with Crippen molar-refractivity contribution in [2.24, 2.45) is 10.9 Å². The number of carbonyl (C=O) groups is 2. The molecule has 6 rings (SSSR count). The molecule has 3 aliphatic rings. The van der Waals surface area contributed by atoms with E-state index in [1.807, 2.05) is 75.4 Å². The maximum Gasteiger partial charge on any atom is 0.255 e. The first-order chi connectivity index (χ1) is 19.4. The van der Waals surface area contributed by atoms with Crippen LogP contribution in [0.25, 0.3) is 0 Å². The molecule has 2 fully saturated rings. The fourth-order valence-electron chi connectivity index (χ4n) is 5.79. The Balaban J connectivity index is 1.23. The number of aliphatic imine (C=N–C) groups is 1. The van der Waals surface area contributed by atoms with Crippen LogP contribution in [0, 0.1) is 19.8 Å². The maximum atomic E-state index is 13.8.